The van der Waals surface area contributed by atoms with Crippen LogP contribution in [-0.2, 0) is 4.79 Å². The van der Waals surface area contributed by atoms with Gasteiger partial charge in [0.05, 0.1) is 0 Å². The van der Waals surface area contributed by atoms with Gasteiger partial charge in [-0.3, -0.25) is 4.79 Å². The molecule has 0 saturated carbocycles. The standard InChI is InChI=1S/C8H13N5OS/c1-8(2)5(14)10-3-4-13(8)7-11-6(9)12-15-7/h3-4H2,1-2H3,(H2,9,12)(H,10,14). The number of hydrogen-bond donors (Lipinski definition) is 2. The largest absolute Gasteiger partial charge is 0.367 e. The van der Waals surface area contributed by atoms with Crippen LogP contribution in [0.1, 0.15) is 13.8 Å². The number of nitrogens with two attached hydrogens (primary N) is 1. The Morgan fingerprint density at radius 3 is 2.93 bits per heavy atom. The van der Waals surface area contributed by atoms with Crippen LogP contribution in [0.15, 0.2) is 0 Å². The Hall–Kier alpha value is -1.37. The van der Waals surface area contributed by atoms with E-state index < -0.39 is 5.54 Å². The molecule has 1 aromatic rings. The summed E-state index contributed by atoms with van der Waals surface area (Å²) in [6.45, 7) is 5.08. The maximum absolute atomic E-state index is 11.7. The van der Waals surface area contributed by atoms with Gasteiger partial charge in [-0.15, -0.1) is 0 Å². The third-order valence-electron chi connectivity index (χ3n) is 2.51. The first-order valence-corrected chi connectivity index (χ1v) is 5.44. The first kappa shape index (κ1) is 10.2. The lowest BCUT2D eigenvalue weighted by Crippen LogP contribution is -2.62. The zero-order valence-corrected chi connectivity index (χ0v) is 9.47. The molecule has 0 bridgehead atoms. The molecule has 0 atom stereocenters. The van der Waals surface area contributed by atoms with E-state index in [0.29, 0.717) is 11.7 Å². The van der Waals surface area contributed by atoms with E-state index in [2.05, 4.69) is 14.7 Å². The maximum atomic E-state index is 11.7. The van der Waals surface area contributed by atoms with E-state index in [1.165, 1.54) is 11.5 Å². The van der Waals surface area contributed by atoms with Crippen molar-refractivity contribution < 1.29 is 4.79 Å². The van der Waals surface area contributed by atoms with Crippen molar-refractivity contribution in [1.29, 1.82) is 0 Å². The van der Waals surface area contributed by atoms with E-state index in [1.807, 2.05) is 18.7 Å². The van der Waals surface area contributed by atoms with Crippen molar-refractivity contribution in [2.75, 3.05) is 23.7 Å². The molecule has 1 aromatic heterocycles. The SMILES string of the molecule is CC1(C)C(=O)NCCN1c1nc(N)ns1. The van der Waals surface area contributed by atoms with Gasteiger partial charge in [0.1, 0.15) is 5.54 Å². The van der Waals surface area contributed by atoms with Gasteiger partial charge in [-0.05, 0) is 13.8 Å². The van der Waals surface area contributed by atoms with Crippen molar-refractivity contribution in [3.8, 4) is 0 Å². The normalized spacial score (nSPS) is 20.1. The topological polar surface area (TPSA) is 84.1 Å². The lowest BCUT2D eigenvalue weighted by Gasteiger charge is -2.40. The number of hydrogen-bond acceptors (Lipinski definition) is 6. The molecule has 0 aromatic carbocycles. The second kappa shape index (κ2) is 3.34. The second-order valence-electron chi connectivity index (χ2n) is 3.90. The summed E-state index contributed by atoms with van der Waals surface area (Å²) in [5.41, 5.74) is 4.88. The number of carbonyl (C=O) groups is 1. The van der Waals surface area contributed by atoms with E-state index >= 15 is 0 Å². The summed E-state index contributed by atoms with van der Waals surface area (Å²) in [7, 11) is 0. The van der Waals surface area contributed by atoms with Gasteiger partial charge in [-0.2, -0.15) is 9.36 Å². The van der Waals surface area contributed by atoms with Crippen LogP contribution in [0.4, 0.5) is 11.1 Å². The number of rotatable bonds is 1. The molecule has 1 aliphatic heterocycles. The van der Waals surface area contributed by atoms with Crippen molar-refractivity contribution in [1.82, 2.24) is 14.7 Å². The molecule has 2 rings (SSSR count). The number of amides is 1. The molecule has 1 aliphatic rings. The molecule has 1 amide bonds. The molecule has 0 spiro atoms. The van der Waals surface area contributed by atoms with Gasteiger partial charge >= 0.3 is 0 Å². The number of carbonyl (C=O) groups excluding carboxylic acids is 1. The van der Waals surface area contributed by atoms with Crippen molar-refractivity contribution in [3.63, 3.8) is 0 Å². The predicted molar refractivity (Wildman–Crippen MR) is 58.8 cm³/mol. The molecule has 7 heteroatoms. The molecule has 1 fully saturated rings. The lowest BCUT2D eigenvalue weighted by atomic mass is 10.00. The molecular formula is C8H13N5OS. The number of nitrogens with one attached hydrogen (secondary N) is 1. The fourth-order valence-electron chi connectivity index (χ4n) is 1.57. The average molecular weight is 227 g/mol. The van der Waals surface area contributed by atoms with Crippen LogP contribution in [0.3, 0.4) is 0 Å². The van der Waals surface area contributed by atoms with Gasteiger partial charge in [0, 0.05) is 24.6 Å². The van der Waals surface area contributed by atoms with Crippen LogP contribution in [0.25, 0.3) is 0 Å². The highest BCUT2D eigenvalue weighted by molar-refractivity contribution is 7.10. The summed E-state index contributed by atoms with van der Waals surface area (Å²) in [6.07, 6.45) is 0. The van der Waals surface area contributed by atoms with Crippen LogP contribution in [0.5, 0.6) is 0 Å². The molecule has 0 unspecified atom stereocenters. The summed E-state index contributed by atoms with van der Waals surface area (Å²) in [6, 6.07) is 0. The number of piperazine rings is 1. The first-order chi connectivity index (χ1) is 7.01. The molecule has 82 valence electrons. The monoisotopic (exact) mass is 227 g/mol. The number of anilines is 2. The minimum Gasteiger partial charge on any atom is -0.367 e. The summed E-state index contributed by atoms with van der Waals surface area (Å²) >= 11 is 1.22. The van der Waals surface area contributed by atoms with E-state index in [4.69, 9.17) is 5.73 Å². The van der Waals surface area contributed by atoms with Gasteiger partial charge in [0.15, 0.2) is 0 Å². The lowest BCUT2D eigenvalue weighted by molar-refractivity contribution is -0.126. The first-order valence-electron chi connectivity index (χ1n) is 4.67. The van der Waals surface area contributed by atoms with Gasteiger partial charge in [0.2, 0.25) is 17.0 Å². The summed E-state index contributed by atoms with van der Waals surface area (Å²) < 4.78 is 3.92. The van der Waals surface area contributed by atoms with Gasteiger partial charge < -0.3 is 16.0 Å². The molecular weight excluding hydrogens is 214 g/mol. The van der Waals surface area contributed by atoms with Crippen LogP contribution in [-0.4, -0.2) is 33.9 Å². The highest BCUT2D eigenvalue weighted by Crippen LogP contribution is 2.27. The van der Waals surface area contributed by atoms with Crippen LogP contribution >= 0.6 is 11.5 Å². The molecule has 0 aliphatic carbocycles. The van der Waals surface area contributed by atoms with Crippen LogP contribution in [0, 0.1) is 0 Å². The molecule has 3 N–H and O–H groups in total. The van der Waals surface area contributed by atoms with Crippen molar-refractivity contribution in [3.05, 3.63) is 0 Å². The predicted octanol–water partition coefficient (Wildman–Crippen LogP) is -0.165. The van der Waals surface area contributed by atoms with Crippen LogP contribution < -0.4 is 16.0 Å². The minimum absolute atomic E-state index is 0.00233. The number of nitrogens with zero attached hydrogens (tertiary/aromatic N) is 3. The molecule has 0 radical (unpaired) electrons. The van der Waals surface area contributed by atoms with E-state index in [9.17, 15) is 4.79 Å². The Labute approximate surface area is 91.6 Å². The highest BCUT2D eigenvalue weighted by Gasteiger charge is 2.39. The summed E-state index contributed by atoms with van der Waals surface area (Å²) in [5, 5.41) is 3.52. The van der Waals surface area contributed by atoms with Crippen molar-refractivity contribution >= 4 is 28.5 Å². The second-order valence-corrected chi connectivity index (χ2v) is 4.63. The Bertz CT molecular complexity index is 388. The molecule has 6 nitrogen and oxygen atoms in total. The third-order valence-corrected chi connectivity index (χ3v) is 3.27. The van der Waals surface area contributed by atoms with Crippen molar-refractivity contribution in [2.24, 2.45) is 0 Å². The van der Waals surface area contributed by atoms with Crippen LogP contribution in [0.2, 0.25) is 0 Å². The molecule has 1 saturated heterocycles. The van der Waals surface area contributed by atoms with Gasteiger partial charge in [-0.1, -0.05) is 0 Å². The summed E-state index contributed by atoms with van der Waals surface area (Å²) in [4.78, 5) is 17.7. The maximum Gasteiger partial charge on any atom is 0.245 e. The molecule has 15 heavy (non-hydrogen) atoms. The number of nitrogen functional groups attached to an aromatic ring is 1. The smallest absolute Gasteiger partial charge is 0.245 e. The third kappa shape index (κ3) is 1.63. The Kier molecular flexibility index (Phi) is 2.26. The fourth-order valence-corrected chi connectivity index (χ4v) is 2.34. The Morgan fingerprint density at radius 1 is 1.60 bits per heavy atom. The highest BCUT2D eigenvalue weighted by atomic mass is 32.1. The Morgan fingerprint density at radius 2 is 2.33 bits per heavy atom. The minimum atomic E-state index is -0.593. The quantitative estimate of drug-likeness (QED) is 0.696. The average Bonchev–Trinajstić information content (AvgIpc) is 2.56. The molecule has 2 heterocycles. The summed E-state index contributed by atoms with van der Waals surface area (Å²) in [5.74, 6) is 0.263. The van der Waals surface area contributed by atoms with E-state index in [1.54, 1.807) is 0 Å². The van der Waals surface area contributed by atoms with E-state index in [-0.39, 0.29) is 11.9 Å². The van der Waals surface area contributed by atoms with Crippen molar-refractivity contribution in [2.45, 2.75) is 19.4 Å². The number of aromatic nitrogens is 2. The Balaban J connectivity index is 2.31. The van der Waals surface area contributed by atoms with E-state index in [0.717, 1.165) is 6.54 Å². The fraction of sp³-hybridized carbons (Fsp3) is 0.625. The zero-order valence-electron chi connectivity index (χ0n) is 8.65. The zero-order chi connectivity index (χ0) is 11.1. The van der Waals surface area contributed by atoms with Gasteiger partial charge in [0.25, 0.3) is 0 Å². The van der Waals surface area contributed by atoms with Gasteiger partial charge in [-0.25, -0.2) is 0 Å².